The van der Waals surface area contributed by atoms with Crippen LogP contribution in [0.15, 0.2) is 36.4 Å². The normalized spacial score (nSPS) is 16.6. The third-order valence-corrected chi connectivity index (χ3v) is 4.23. The minimum Gasteiger partial charge on any atom is -0.494 e. The fraction of sp³-hybridized carbons (Fsp3) is 0.294. The Morgan fingerprint density at radius 2 is 2.05 bits per heavy atom. The zero-order valence-corrected chi connectivity index (χ0v) is 12.5. The first-order chi connectivity index (χ1) is 9.70. The Morgan fingerprint density at radius 1 is 1.25 bits per heavy atom. The third-order valence-electron chi connectivity index (χ3n) is 3.82. The monoisotopic (exact) mass is 287 g/mol. The van der Waals surface area contributed by atoms with Crippen molar-refractivity contribution in [1.29, 1.82) is 0 Å². The Morgan fingerprint density at radius 3 is 2.85 bits per heavy atom. The second-order valence-electron chi connectivity index (χ2n) is 5.08. The summed E-state index contributed by atoms with van der Waals surface area (Å²) < 4.78 is 5.74. The molecule has 0 saturated carbocycles. The van der Waals surface area contributed by atoms with Gasteiger partial charge in [-0.1, -0.05) is 35.9 Å². The lowest BCUT2D eigenvalue weighted by Crippen LogP contribution is -2.08. The molecule has 0 radical (unpaired) electrons. The summed E-state index contributed by atoms with van der Waals surface area (Å²) in [6.07, 6.45) is 0.970. The number of nitrogens with one attached hydrogen (secondary N) is 1. The molecule has 0 spiro atoms. The lowest BCUT2D eigenvalue weighted by molar-refractivity contribution is 0.335. The predicted octanol–water partition coefficient (Wildman–Crippen LogP) is 4.76. The van der Waals surface area contributed by atoms with E-state index in [9.17, 15) is 0 Å². The van der Waals surface area contributed by atoms with E-state index in [4.69, 9.17) is 16.3 Å². The summed E-state index contributed by atoms with van der Waals surface area (Å²) in [6.45, 7) is 4.75. The second-order valence-corrected chi connectivity index (χ2v) is 5.49. The predicted molar refractivity (Wildman–Crippen MR) is 83.9 cm³/mol. The van der Waals surface area contributed by atoms with E-state index in [1.54, 1.807) is 0 Å². The van der Waals surface area contributed by atoms with E-state index in [1.165, 1.54) is 16.8 Å². The number of halogens is 1. The molecule has 0 saturated heterocycles. The van der Waals surface area contributed by atoms with Gasteiger partial charge in [-0.05, 0) is 43.5 Å². The zero-order valence-electron chi connectivity index (χ0n) is 11.7. The van der Waals surface area contributed by atoms with Crippen LogP contribution in [0.25, 0.3) is 0 Å². The van der Waals surface area contributed by atoms with Gasteiger partial charge in [-0.2, -0.15) is 0 Å². The van der Waals surface area contributed by atoms with E-state index in [0.717, 1.165) is 22.8 Å². The van der Waals surface area contributed by atoms with Crippen LogP contribution < -0.4 is 10.1 Å². The van der Waals surface area contributed by atoms with Crippen molar-refractivity contribution in [3.05, 3.63) is 58.1 Å². The van der Waals surface area contributed by atoms with Gasteiger partial charge in [0, 0.05) is 16.3 Å². The van der Waals surface area contributed by atoms with Crippen molar-refractivity contribution in [3.8, 4) is 5.75 Å². The fourth-order valence-electron chi connectivity index (χ4n) is 2.80. The number of para-hydroxylation sites is 1. The van der Waals surface area contributed by atoms with Crippen LogP contribution in [0.4, 0.5) is 5.69 Å². The largest absolute Gasteiger partial charge is 0.494 e. The molecule has 2 nitrogen and oxygen atoms in total. The molecule has 0 fully saturated rings. The van der Waals surface area contributed by atoms with Crippen molar-refractivity contribution in [2.24, 2.45) is 0 Å². The topological polar surface area (TPSA) is 21.3 Å². The smallest absolute Gasteiger partial charge is 0.124 e. The van der Waals surface area contributed by atoms with Crippen molar-refractivity contribution in [2.75, 3.05) is 11.9 Å². The third kappa shape index (κ3) is 2.25. The molecule has 1 N–H and O–H groups in total. The van der Waals surface area contributed by atoms with E-state index in [2.05, 4.69) is 30.4 Å². The summed E-state index contributed by atoms with van der Waals surface area (Å²) in [5.74, 6) is 0.962. The van der Waals surface area contributed by atoms with Crippen molar-refractivity contribution in [1.82, 2.24) is 0 Å². The highest BCUT2D eigenvalue weighted by atomic mass is 35.5. The zero-order chi connectivity index (χ0) is 14.1. The number of rotatable bonds is 3. The van der Waals surface area contributed by atoms with Gasteiger partial charge in [0.1, 0.15) is 5.75 Å². The summed E-state index contributed by atoms with van der Waals surface area (Å²) in [7, 11) is 0. The maximum atomic E-state index is 6.20. The Labute approximate surface area is 124 Å². The molecule has 104 valence electrons. The van der Waals surface area contributed by atoms with Crippen LogP contribution in [0.5, 0.6) is 5.75 Å². The van der Waals surface area contributed by atoms with Crippen molar-refractivity contribution in [2.45, 2.75) is 26.3 Å². The number of hydrogen-bond donors (Lipinski definition) is 1. The molecule has 20 heavy (non-hydrogen) atoms. The van der Waals surface area contributed by atoms with Gasteiger partial charge >= 0.3 is 0 Å². The molecule has 1 heterocycles. The average Bonchev–Trinajstić information content (AvgIpc) is 2.89. The molecule has 1 unspecified atom stereocenters. The fourth-order valence-corrected chi connectivity index (χ4v) is 2.96. The molecule has 1 aliphatic heterocycles. The van der Waals surface area contributed by atoms with E-state index < -0.39 is 0 Å². The maximum absolute atomic E-state index is 6.20. The van der Waals surface area contributed by atoms with Crippen LogP contribution in [0.2, 0.25) is 5.02 Å². The molecule has 0 bridgehead atoms. The van der Waals surface area contributed by atoms with Crippen LogP contribution in [0.3, 0.4) is 0 Å². The Kier molecular flexibility index (Phi) is 3.58. The van der Waals surface area contributed by atoms with Crippen LogP contribution >= 0.6 is 11.6 Å². The van der Waals surface area contributed by atoms with Gasteiger partial charge in [-0.25, -0.2) is 0 Å². The van der Waals surface area contributed by atoms with Crippen LogP contribution in [-0.2, 0) is 6.42 Å². The molecular weight excluding hydrogens is 270 g/mol. The molecule has 3 rings (SSSR count). The van der Waals surface area contributed by atoms with Gasteiger partial charge in [0.2, 0.25) is 0 Å². The number of hydrogen-bond acceptors (Lipinski definition) is 2. The first-order valence-electron chi connectivity index (χ1n) is 6.97. The highest BCUT2D eigenvalue weighted by Gasteiger charge is 2.26. The van der Waals surface area contributed by atoms with E-state index in [1.807, 2.05) is 25.1 Å². The summed E-state index contributed by atoms with van der Waals surface area (Å²) in [4.78, 5) is 0. The van der Waals surface area contributed by atoms with Gasteiger partial charge in [0.25, 0.3) is 0 Å². The molecule has 3 heteroatoms. The Balaban J connectivity index is 1.94. The SMILES string of the molecule is CCOc1ccccc1C1Cc2ccc(Cl)c(C)c2N1. The van der Waals surface area contributed by atoms with Gasteiger partial charge < -0.3 is 10.1 Å². The van der Waals surface area contributed by atoms with E-state index >= 15 is 0 Å². The van der Waals surface area contributed by atoms with Gasteiger partial charge in [0.05, 0.1) is 12.6 Å². The summed E-state index contributed by atoms with van der Waals surface area (Å²) in [5, 5.41) is 4.41. The second kappa shape index (κ2) is 5.37. The van der Waals surface area contributed by atoms with Crippen LogP contribution in [0, 0.1) is 6.92 Å². The molecule has 1 aliphatic rings. The van der Waals surface area contributed by atoms with Crippen molar-refractivity contribution < 1.29 is 4.74 Å². The molecule has 0 aromatic heterocycles. The number of anilines is 1. The first kappa shape index (κ1) is 13.3. The standard InChI is InChI=1S/C17H18ClNO/c1-3-20-16-7-5-4-6-13(16)15-10-12-8-9-14(18)11(2)17(12)19-15/h4-9,15,19H,3,10H2,1-2H3. The van der Waals surface area contributed by atoms with Gasteiger partial charge in [-0.3, -0.25) is 0 Å². The molecule has 0 aliphatic carbocycles. The van der Waals surface area contributed by atoms with Crippen molar-refractivity contribution in [3.63, 3.8) is 0 Å². The minimum atomic E-state index is 0.255. The summed E-state index contributed by atoms with van der Waals surface area (Å²) >= 11 is 6.20. The first-order valence-corrected chi connectivity index (χ1v) is 7.34. The van der Waals surface area contributed by atoms with Crippen molar-refractivity contribution >= 4 is 17.3 Å². The Bertz CT molecular complexity index is 639. The highest BCUT2D eigenvalue weighted by Crippen LogP contribution is 2.41. The quantitative estimate of drug-likeness (QED) is 0.879. The molecular formula is C17H18ClNO. The Hall–Kier alpha value is -1.67. The van der Waals surface area contributed by atoms with Crippen LogP contribution in [-0.4, -0.2) is 6.61 Å². The van der Waals surface area contributed by atoms with Gasteiger partial charge in [0.15, 0.2) is 0 Å². The molecule has 2 aromatic carbocycles. The maximum Gasteiger partial charge on any atom is 0.124 e. The van der Waals surface area contributed by atoms with Crippen LogP contribution in [0.1, 0.15) is 29.7 Å². The summed E-state index contributed by atoms with van der Waals surface area (Å²) in [6, 6.07) is 12.6. The number of benzene rings is 2. The lowest BCUT2D eigenvalue weighted by Gasteiger charge is -2.17. The van der Waals surface area contributed by atoms with E-state index in [-0.39, 0.29) is 6.04 Å². The highest BCUT2D eigenvalue weighted by molar-refractivity contribution is 6.31. The number of fused-ring (bicyclic) bond motifs is 1. The average molecular weight is 288 g/mol. The molecule has 1 atom stereocenters. The van der Waals surface area contributed by atoms with E-state index in [0.29, 0.717) is 6.61 Å². The minimum absolute atomic E-state index is 0.255. The number of ether oxygens (including phenoxy) is 1. The molecule has 0 amide bonds. The van der Waals surface area contributed by atoms with Gasteiger partial charge in [-0.15, -0.1) is 0 Å². The summed E-state index contributed by atoms with van der Waals surface area (Å²) in [5.41, 5.74) is 4.83. The lowest BCUT2D eigenvalue weighted by atomic mass is 10.0. The molecule has 2 aromatic rings.